The summed E-state index contributed by atoms with van der Waals surface area (Å²) < 4.78 is 4.83. The third kappa shape index (κ3) is 4.97. The van der Waals surface area contributed by atoms with Gasteiger partial charge in [-0.15, -0.1) is 0 Å². The molecule has 2 atom stereocenters. The summed E-state index contributed by atoms with van der Waals surface area (Å²) in [6.07, 6.45) is 4.76. The largest absolute Gasteiger partial charge is 0.469 e. The van der Waals surface area contributed by atoms with E-state index in [-0.39, 0.29) is 30.3 Å². The average molecular weight is 443 g/mol. The zero-order chi connectivity index (χ0) is 23.5. The number of benzene rings is 2. The number of likely N-dealkylation sites (tertiary alicyclic amines) is 1. The van der Waals surface area contributed by atoms with Crippen LogP contribution in [0.25, 0.3) is 22.0 Å². The minimum Gasteiger partial charge on any atom is -0.469 e. The minimum absolute atomic E-state index is 0.00124. The number of esters is 1. The van der Waals surface area contributed by atoms with Gasteiger partial charge in [0, 0.05) is 12.1 Å². The van der Waals surface area contributed by atoms with Crippen molar-refractivity contribution < 1.29 is 14.3 Å². The average Bonchev–Trinajstić information content (AvgIpc) is 3.31. The molecular weight excluding hydrogens is 413 g/mol. The van der Waals surface area contributed by atoms with Gasteiger partial charge in [-0.05, 0) is 42.0 Å². The molecule has 1 aromatic heterocycles. The molecule has 33 heavy (non-hydrogen) atoms. The molecule has 1 saturated heterocycles. The van der Waals surface area contributed by atoms with Crippen LogP contribution in [0.4, 0.5) is 0 Å². The number of hydrogen-bond acceptors (Lipinski definition) is 4. The Balaban J connectivity index is 1.59. The Labute approximate surface area is 196 Å². The van der Waals surface area contributed by atoms with E-state index in [9.17, 15) is 9.59 Å². The lowest BCUT2D eigenvalue weighted by atomic mass is 9.89. The summed E-state index contributed by atoms with van der Waals surface area (Å²) in [4.78, 5) is 35.4. The Bertz CT molecular complexity index is 1160. The Morgan fingerprint density at radius 2 is 1.94 bits per heavy atom. The molecule has 1 amide bonds. The molecule has 3 aromatic rings. The number of fused-ring (bicyclic) bond motifs is 1. The van der Waals surface area contributed by atoms with Gasteiger partial charge in [-0.25, -0.2) is 4.98 Å². The monoisotopic (exact) mass is 443 g/mol. The Kier molecular flexibility index (Phi) is 6.87. The van der Waals surface area contributed by atoms with Crippen LogP contribution in [0, 0.1) is 11.8 Å². The van der Waals surface area contributed by atoms with Crippen LogP contribution in [-0.2, 0) is 14.3 Å². The fraction of sp³-hybridized carbons (Fsp3) is 0.423. The Hall–Kier alpha value is -3.09. The van der Waals surface area contributed by atoms with Gasteiger partial charge in [0.05, 0.1) is 37.4 Å². The van der Waals surface area contributed by atoms with Crippen LogP contribution in [0.3, 0.4) is 0 Å². The van der Waals surface area contributed by atoms with Crippen LogP contribution in [0.15, 0.2) is 42.6 Å². The van der Waals surface area contributed by atoms with E-state index in [0.29, 0.717) is 6.54 Å². The number of hydrogen-bond donors (Lipinski definition) is 1. The lowest BCUT2D eigenvalue weighted by Gasteiger charge is -2.37. The molecule has 7 heteroatoms. The number of nitrogens with one attached hydrogen (secondary N) is 1. The summed E-state index contributed by atoms with van der Waals surface area (Å²) in [6.45, 7) is 4.62. The van der Waals surface area contributed by atoms with Crippen LogP contribution < -0.4 is 5.46 Å². The lowest BCUT2D eigenvalue weighted by molar-refractivity contribution is -0.150. The highest BCUT2D eigenvalue weighted by Crippen LogP contribution is 2.34. The maximum Gasteiger partial charge on any atom is 0.306 e. The molecule has 0 saturated carbocycles. The fourth-order valence-corrected chi connectivity index (χ4v) is 4.65. The quantitative estimate of drug-likeness (QED) is 0.463. The van der Waals surface area contributed by atoms with Crippen molar-refractivity contribution in [2.24, 2.45) is 11.8 Å². The summed E-state index contributed by atoms with van der Waals surface area (Å²) in [6, 6.07) is 12.0. The molecule has 1 fully saturated rings. The van der Waals surface area contributed by atoms with Crippen molar-refractivity contribution in [3.63, 3.8) is 0 Å². The van der Waals surface area contributed by atoms with Gasteiger partial charge in [-0.3, -0.25) is 9.59 Å². The number of carbonyl (C=O) groups is 2. The number of amides is 1. The van der Waals surface area contributed by atoms with Gasteiger partial charge in [0.15, 0.2) is 0 Å². The van der Waals surface area contributed by atoms with Crippen molar-refractivity contribution in [3.05, 3.63) is 48.4 Å². The van der Waals surface area contributed by atoms with E-state index in [1.165, 1.54) is 7.11 Å². The van der Waals surface area contributed by atoms with E-state index in [0.717, 1.165) is 52.6 Å². The normalized spacial score (nSPS) is 17.3. The molecule has 0 bridgehead atoms. The van der Waals surface area contributed by atoms with Crippen LogP contribution >= 0.6 is 0 Å². The van der Waals surface area contributed by atoms with E-state index in [1.54, 1.807) is 0 Å². The number of methoxy groups -OCH3 is 1. The molecule has 170 valence electrons. The summed E-state index contributed by atoms with van der Waals surface area (Å²) in [5.74, 6) is 0.0738. The number of ether oxygens (including phenoxy) is 1. The Morgan fingerprint density at radius 3 is 2.70 bits per heavy atom. The number of aromatic nitrogens is 2. The van der Waals surface area contributed by atoms with Crippen LogP contribution in [0.2, 0.25) is 0 Å². The van der Waals surface area contributed by atoms with Gasteiger partial charge in [0.2, 0.25) is 5.91 Å². The van der Waals surface area contributed by atoms with Gasteiger partial charge >= 0.3 is 5.97 Å². The van der Waals surface area contributed by atoms with Crippen LogP contribution in [0.1, 0.15) is 51.4 Å². The van der Waals surface area contributed by atoms with Crippen molar-refractivity contribution in [1.82, 2.24) is 14.9 Å². The molecule has 1 aliphatic rings. The maximum absolute atomic E-state index is 13.5. The van der Waals surface area contributed by atoms with Gasteiger partial charge < -0.3 is 14.6 Å². The molecule has 1 aliphatic heterocycles. The van der Waals surface area contributed by atoms with Gasteiger partial charge in [0.25, 0.3) is 0 Å². The van der Waals surface area contributed by atoms with Gasteiger partial charge in [0.1, 0.15) is 13.7 Å². The summed E-state index contributed by atoms with van der Waals surface area (Å²) >= 11 is 0. The van der Waals surface area contributed by atoms with Gasteiger partial charge in [-0.1, -0.05) is 49.6 Å². The third-order valence-electron chi connectivity index (χ3n) is 6.61. The number of aromatic amines is 1. The van der Waals surface area contributed by atoms with E-state index >= 15 is 0 Å². The third-order valence-corrected chi connectivity index (χ3v) is 6.61. The molecule has 2 unspecified atom stereocenters. The van der Waals surface area contributed by atoms with Crippen LogP contribution in [0.5, 0.6) is 0 Å². The first-order valence-corrected chi connectivity index (χ1v) is 11.6. The number of H-pyrrole nitrogens is 1. The second-order valence-corrected chi connectivity index (χ2v) is 9.18. The fourth-order valence-electron chi connectivity index (χ4n) is 4.65. The first-order valence-electron chi connectivity index (χ1n) is 11.6. The van der Waals surface area contributed by atoms with E-state index < -0.39 is 5.92 Å². The first-order chi connectivity index (χ1) is 15.9. The van der Waals surface area contributed by atoms with E-state index in [4.69, 9.17) is 12.6 Å². The molecule has 2 aromatic carbocycles. The zero-order valence-electron chi connectivity index (χ0n) is 19.5. The standard InChI is InChI=1S/C26H30BN3O3/c1-16(2)21(14-24(31)33-3)26(32)30-11-5-4-6-23(30)25-28-15-22(29-25)19-8-7-18-13-20(27)10-9-17(18)12-19/h7-10,12-13,15-16,21,23H,4-6,11,14H2,1-3H3,(H,28,29). The summed E-state index contributed by atoms with van der Waals surface area (Å²) in [5.41, 5.74) is 2.69. The molecule has 2 heterocycles. The molecule has 6 nitrogen and oxygen atoms in total. The molecule has 4 rings (SSSR count). The number of rotatable bonds is 6. The molecule has 2 radical (unpaired) electrons. The highest BCUT2D eigenvalue weighted by molar-refractivity contribution is 6.33. The van der Waals surface area contributed by atoms with Crippen LogP contribution in [-0.4, -0.2) is 48.2 Å². The highest BCUT2D eigenvalue weighted by atomic mass is 16.5. The maximum atomic E-state index is 13.5. The number of piperidine rings is 1. The topological polar surface area (TPSA) is 75.3 Å². The van der Waals surface area contributed by atoms with Crippen molar-refractivity contribution in [3.8, 4) is 11.3 Å². The van der Waals surface area contributed by atoms with E-state index in [1.807, 2.05) is 49.2 Å². The zero-order valence-corrected chi connectivity index (χ0v) is 19.5. The second kappa shape index (κ2) is 9.81. The highest BCUT2D eigenvalue weighted by Gasteiger charge is 2.36. The van der Waals surface area contributed by atoms with Crippen molar-refractivity contribution in [2.45, 2.75) is 45.6 Å². The molecule has 0 spiro atoms. The SMILES string of the molecule is [B]c1ccc2cc(-c3cnc(C4CCCCN4C(=O)C(CC(=O)OC)C(C)C)[nH]3)ccc2c1. The first kappa shape index (κ1) is 23.1. The van der Waals surface area contributed by atoms with Gasteiger partial charge in [-0.2, -0.15) is 0 Å². The number of imidazole rings is 1. The molecular formula is C26H30BN3O3. The van der Waals surface area contributed by atoms with E-state index in [2.05, 4.69) is 22.1 Å². The molecule has 0 aliphatic carbocycles. The minimum atomic E-state index is -0.402. The summed E-state index contributed by atoms with van der Waals surface area (Å²) in [7, 11) is 7.26. The van der Waals surface area contributed by atoms with Crippen molar-refractivity contribution in [2.75, 3.05) is 13.7 Å². The Morgan fingerprint density at radius 1 is 1.18 bits per heavy atom. The smallest absolute Gasteiger partial charge is 0.306 e. The summed E-state index contributed by atoms with van der Waals surface area (Å²) in [5, 5.41) is 2.20. The van der Waals surface area contributed by atoms with Crippen molar-refractivity contribution in [1.29, 1.82) is 0 Å². The predicted octanol–water partition coefficient (Wildman–Crippen LogP) is 3.91. The second-order valence-electron chi connectivity index (χ2n) is 9.18. The van der Waals surface area contributed by atoms with Crippen molar-refractivity contribution >= 4 is 36.0 Å². The lowest BCUT2D eigenvalue weighted by Crippen LogP contribution is -2.44. The number of carbonyl (C=O) groups excluding carboxylic acids is 2. The predicted molar refractivity (Wildman–Crippen MR) is 130 cm³/mol. The number of nitrogens with zero attached hydrogens (tertiary/aromatic N) is 2. The molecule has 1 N–H and O–H groups in total.